The Morgan fingerprint density at radius 2 is 1.06 bits per heavy atom. The molecule has 0 aliphatic heterocycles. The van der Waals surface area contributed by atoms with Gasteiger partial charge < -0.3 is 0 Å². The highest BCUT2D eigenvalue weighted by Gasteiger charge is 2.37. The van der Waals surface area contributed by atoms with E-state index in [0.717, 1.165) is 41.4 Å². The monoisotopic (exact) mass is 250 g/mol. The summed E-state index contributed by atoms with van der Waals surface area (Å²) in [5.41, 5.74) is 0. The van der Waals surface area contributed by atoms with Gasteiger partial charge in [-0.2, -0.15) is 0 Å². The van der Waals surface area contributed by atoms with Crippen LogP contribution in [-0.4, -0.2) is 0 Å². The minimum absolute atomic E-state index is 0.959. The molecule has 0 aromatic heterocycles. The van der Waals surface area contributed by atoms with Crippen LogP contribution >= 0.6 is 0 Å². The van der Waals surface area contributed by atoms with Gasteiger partial charge in [-0.15, -0.1) is 0 Å². The molecule has 0 aromatic carbocycles. The van der Waals surface area contributed by atoms with Crippen molar-refractivity contribution in [3.05, 3.63) is 0 Å². The van der Waals surface area contributed by atoms with Gasteiger partial charge in [0, 0.05) is 0 Å². The van der Waals surface area contributed by atoms with Gasteiger partial charge >= 0.3 is 0 Å². The van der Waals surface area contributed by atoms with Crippen molar-refractivity contribution in [1.82, 2.24) is 0 Å². The fourth-order valence-electron chi connectivity index (χ4n) is 4.94. The molecular formula is C18H34. The highest BCUT2D eigenvalue weighted by Crippen LogP contribution is 2.46. The van der Waals surface area contributed by atoms with Crippen LogP contribution in [-0.2, 0) is 0 Å². The molecule has 0 heteroatoms. The number of rotatable bonds is 2. The van der Waals surface area contributed by atoms with Crippen LogP contribution in [0, 0.1) is 41.4 Å². The molecule has 106 valence electrons. The Balaban J connectivity index is 2.01. The van der Waals surface area contributed by atoms with E-state index >= 15 is 0 Å². The topological polar surface area (TPSA) is 0 Å². The predicted octanol–water partition coefficient (Wildman–Crippen LogP) is 5.77. The normalized spacial score (nSPS) is 47.8. The Hall–Kier alpha value is 0. The molecular weight excluding hydrogens is 216 g/mol. The Kier molecular flexibility index (Phi) is 4.78. The van der Waals surface area contributed by atoms with E-state index in [1.807, 2.05) is 0 Å². The first-order valence-corrected chi connectivity index (χ1v) is 8.49. The van der Waals surface area contributed by atoms with Gasteiger partial charge in [0.2, 0.25) is 0 Å². The summed E-state index contributed by atoms with van der Waals surface area (Å²) in [7, 11) is 0. The number of hydrogen-bond donors (Lipinski definition) is 0. The first-order chi connectivity index (χ1) is 8.49. The first-order valence-electron chi connectivity index (χ1n) is 8.49. The van der Waals surface area contributed by atoms with Crippen molar-refractivity contribution in [1.29, 1.82) is 0 Å². The second-order valence-electron chi connectivity index (χ2n) is 7.98. The molecule has 0 nitrogen and oxygen atoms in total. The molecule has 0 spiro atoms. The quantitative estimate of drug-likeness (QED) is 0.584. The smallest absolute Gasteiger partial charge is 0.0357 e. The van der Waals surface area contributed by atoms with Gasteiger partial charge in [0.15, 0.2) is 0 Å². The van der Waals surface area contributed by atoms with Crippen molar-refractivity contribution >= 4 is 0 Å². The predicted molar refractivity (Wildman–Crippen MR) is 80.5 cm³/mol. The Morgan fingerprint density at radius 3 is 1.44 bits per heavy atom. The van der Waals surface area contributed by atoms with Crippen LogP contribution in [0.2, 0.25) is 0 Å². The minimum Gasteiger partial charge on any atom is -0.0625 e. The molecule has 0 bridgehead atoms. The van der Waals surface area contributed by atoms with Gasteiger partial charge in [0.1, 0.15) is 0 Å². The lowest BCUT2D eigenvalue weighted by Crippen LogP contribution is -2.36. The maximum Gasteiger partial charge on any atom is -0.0357 e. The maximum absolute atomic E-state index is 2.58. The van der Waals surface area contributed by atoms with Crippen LogP contribution in [0.25, 0.3) is 0 Å². The Labute approximate surface area is 115 Å². The third-order valence-electron chi connectivity index (χ3n) is 6.39. The highest BCUT2D eigenvalue weighted by atomic mass is 14.4. The maximum atomic E-state index is 2.58. The van der Waals surface area contributed by atoms with Crippen molar-refractivity contribution in [3.8, 4) is 0 Å². The van der Waals surface area contributed by atoms with Crippen LogP contribution in [0.1, 0.15) is 73.1 Å². The summed E-state index contributed by atoms with van der Waals surface area (Å²) in [5, 5.41) is 0. The summed E-state index contributed by atoms with van der Waals surface area (Å²) in [4.78, 5) is 0. The standard InChI is InChI=1S/C18H34/c1-12-6-8-14(3)17(10-12)16(5)18-11-13(2)7-9-15(18)4/h12-18H,6-11H2,1-5H3. The molecule has 2 fully saturated rings. The molecule has 2 aliphatic carbocycles. The van der Waals surface area contributed by atoms with Gasteiger partial charge in [-0.25, -0.2) is 0 Å². The highest BCUT2D eigenvalue weighted by molar-refractivity contribution is 4.87. The Bertz CT molecular complexity index is 231. The lowest BCUT2D eigenvalue weighted by atomic mass is 9.61. The Morgan fingerprint density at radius 1 is 0.667 bits per heavy atom. The van der Waals surface area contributed by atoms with E-state index in [-0.39, 0.29) is 0 Å². The van der Waals surface area contributed by atoms with E-state index in [9.17, 15) is 0 Å². The van der Waals surface area contributed by atoms with E-state index in [2.05, 4.69) is 34.6 Å². The molecule has 0 saturated heterocycles. The fraction of sp³-hybridized carbons (Fsp3) is 1.00. The molecule has 2 saturated carbocycles. The van der Waals surface area contributed by atoms with E-state index in [0.29, 0.717) is 0 Å². The van der Waals surface area contributed by atoms with E-state index < -0.39 is 0 Å². The molecule has 0 heterocycles. The van der Waals surface area contributed by atoms with Gasteiger partial charge in [-0.3, -0.25) is 0 Å². The van der Waals surface area contributed by atoms with Gasteiger partial charge in [0.25, 0.3) is 0 Å². The average Bonchev–Trinajstić information content (AvgIpc) is 2.34. The molecule has 0 N–H and O–H groups in total. The van der Waals surface area contributed by atoms with Crippen LogP contribution in [0.5, 0.6) is 0 Å². The van der Waals surface area contributed by atoms with Crippen LogP contribution < -0.4 is 0 Å². The zero-order valence-electron chi connectivity index (χ0n) is 13.3. The van der Waals surface area contributed by atoms with Gasteiger partial charge in [-0.05, 0) is 54.3 Å². The third-order valence-corrected chi connectivity index (χ3v) is 6.39. The summed E-state index contributed by atoms with van der Waals surface area (Å²) in [6.07, 6.45) is 8.90. The van der Waals surface area contributed by atoms with E-state index in [1.165, 1.54) is 38.5 Å². The average molecular weight is 250 g/mol. The summed E-state index contributed by atoms with van der Waals surface area (Å²) in [6, 6.07) is 0. The first kappa shape index (κ1) is 14.4. The summed E-state index contributed by atoms with van der Waals surface area (Å²) < 4.78 is 0. The molecule has 6 atom stereocenters. The molecule has 0 aromatic rings. The summed E-state index contributed by atoms with van der Waals surface area (Å²) in [6.45, 7) is 12.6. The van der Waals surface area contributed by atoms with Crippen molar-refractivity contribution in [2.24, 2.45) is 41.4 Å². The van der Waals surface area contributed by atoms with Crippen molar-refractivity contribution < 1.29 is 0 Å². The van der Waals surface area contributed by atoms with E-state index in [4.69, 9.17) is 0 Å². The lowest BCUT2D eigenvalue weighted by Gasteiger charge is -2.44. The zero-order chi connectivity index (χ0) is 13.3. The lowest BCUT2D eigenvalue weighted by molar-refractivity contribution is 0.0547. The van der Waals surface area contributed by atoms with Crippen molar-refractivity contribution in [2.45, 2.75) is 73.1 Å². The largest absolute Gasteiger partial charge is 0.0625 e. The third kappa shape index (κ3) is 3.11. The SMILES string of the molecule is CC1CCC(C)C(C(C)C2CC(C)CCC2C)C1. The molecule has 18 heavy (non-hydrogen) atoms. The van der Waals surface area contributed by atoms with Gasteiger partial charge in [0.05, 0.1) is 0 Å². The summed E-state index contributed by atoms with van der Waals surface area (Å²) >= 11 is 0. The van der Waals surface area contributed by atoms with Crippen LogP contribution in [0.15, 0.2) is 0 Å². The van der Waals surface area contributed by atoms with E-state index in [1.54, 1.807) is 0 Å². The molecule has 0 amide bonds. The van der Waals surface area contributed by atoms with Crippen LogP contribution in [0.3, 0.4) is 0 Å². The second kappa shape index (κ2) is 5.97. The molecule has 6 unspecified atom stereocenters. The molecule has 0 radical (unpaired) electrons. The second-order valence-corrected chi connectivity index (χ2v) is 7.98. The number of hydrogen-bond acceptors (Lipinski definition) is 0. The zero-order valence-corrected chi connectivity index (χ0v) is 13.3. The van der Waals surface area contributed by atoms with Crippen LogP contribution in [0.4, 0.5) is 0 Å². The van der Waals surface area contributed by atoms with Crippen molar-refractivity contribution in [2.75, 3.05) is 0 Å². The summed E-state index contributed by atoms with van der Waals surface area (Å²) in [5.74, 6) is 6.87. The molecule has 2 rings (SSSR count). The van der Waals surface area contributed by atoms with Crippen molar-refractivity contribution in [3.63, 3.8) is 0 Å². The minimum atomic E-state index is 0.959. The fourth-order valence-corrected chi connectivity index (χ4v) is 4.94. The van der Waals surface area contributed by atoms with Gasteiger partial charge in [-0.1, -0.05) is 60.3 Å². The molecule has 2 aliphatic rings.